The Bertz CT molecular complexity index is 478. The molecule has 1 aromatic rings. The van der Waals surface area contributed by atoms with Crippen LogP contribution in [-0.2, 0) is 6.54 Å². The first-order valence-corrected chi connectivity index (χ1v) is 7.12. The zero-order valence-electron chi connectivity index (χ0n) is 11.9. The van der Waals surface area contributed by atoms with E-state index in [1.807, 2.05) is 13.8 Å². The molecule has 7 heteroatoms. The molecule has 0 saturated carbocycles. The van der Waals surface area contributed by atoms with Gasteiger partial charge in [-0.3, -0.25) is 4.79 Å². The number of hydrogen-bond acceptors (Lipinski definition) is 5. The standard InChI is InChI=1S/C13H22ClN3O3/c1-3-13(4-2,9-19)8-15-10-7-16-17(5-6-18)12(20)11(10)14/h7,15,18-19H,3-6,8-9H2,1-2H3. The lowest BCUT2D eigenvalue weighted by Gasteiger charge is -2.30. The van der Waals surface area contributed by atoms with Gasteiger partial charge in [0.2, 0.25) is 0 Å². The number of aliphatic hydroxyl groups excluding tert-OH is 2. The van der Waals surface area contributed by atoms with Gasteiger partial charge in [-0.2, -0.15) is 5.10 Å². The van der Waals surface area contributed by atoms with Crippen molar-refractivity contribution in [3.05, 3.63) is 21.6 Å². The van der Waals surface area contributed by atoms with Gasteiger partial charge >= 0.3 is 0 Å². The SMILES string of the molecule is CCC(CC)(CO)CNc1cnn(CCO)c(=O)c1Cl. The highest BCUT2D eigenvalue weighted by molar-refractivity contribution is 6.32. The van der Waals surface area contributed by atoms with E-state index in [2.05, 4.69) is 10.4 Å². The molecule has 114 valence electrons. The first-order chi connectivity index (χ1) is 9.53. The minimum atomic E-state index is -0.437. The van der Waals surface area contributed by atoms with Crippen LogP contribution >= 0.6 is 11.6 Å². The van der Waals surface area contributed by atoms with Crippen molar-refractivity contribution in [1.29, 1.82) is 0 Å². The van der Waals surface area contributed by atoms with Crippen LogP contribution in [0.25, 0.3) is 0 Å². The molecule has 0 saturated heterocycles. The molecule has 0 atom stereocenters. The van der Waals surface area contributed by atoms with Gasteiger partial charge < -0.3 is 15.5 Å². The van der Waals surface area contributed by atoms with Crippen molar-refractivity contribution < 1.29 is 10.2 Å². The van der Waals surface area contributed by atoms with Crippen molar-refractivity contribution in [1.82, 2.24) is 9.78 Å². The summed E-state index contributed by atoms with van der Waals surface area (Å²) in [6, 6.07) is 0. The second-order valence-electron chi connectivity index (χ2n) is 4.84. The van der Waals surface area contributed by atoms with Gasteiger partial charge in [0, 0.05) is 12.0 Å². The Morgan fingerprint density at radius 2 is 2.05 bits per heavy atom. The topological polar surface area (TPSA) is 87.4 Å². The van der Waals surface area contributed by atoms with Crippen LogP contribution in [-0.4, -0.2) is 39.8 Å². The van der Waals surface area contributed by atoms with Crippen LogP contribution < -0.4 is 10.9 Å². The molecule has 0 spiro atoms. The summed E-state index contributed by atoms with van der Waals surface area (Å²) in [5, 5.41) is 25.4. The van der Waals surface area contributed by atoms with E-state index in [1.165, 1.54) is 6.20 Å². The fourth-order valence-electron chi connectivity index (χ4n) is 1.90. The van der Waals surface area contributed by atoms with Crippen LogP contribution in [0.2, 0.25) is 5.02 Å². The number of aromatic nitrogens is 2. The van der Waals surface area contributed by atoms with Crippen molar-refractivity contribution in [3.63, 3.8) is 0 Å². The van der Waals surface area contributed by atoms with Crippen molar-refractivity contribution in [3.8, 4) is 0 Å². The average molecular weight is 304 g/mol. The molecular weight excluding hydrogens is 282 g/mol. The van der Waals surface area contributed by atoms with Crippen molar-refractivity contribution in [2.45, 2.75) is 33.2 Å². The van der Waals surface area contributed by atoms with Gasteiger partial charge in [0.1, 0.15) is 5.02 Å². The highest BCUT2D eigenvalue weighted by Crippen LogP contribution is 2.27. The van der Waals surface area contributed by atoms with Crippen LogP contribution in [0.15, 0.2) is 11.0 Å². The lowest BCUT2D eigenvalue weighted by Crippen LogP contribution is -2.33. The first kappa shape index (κ1) is 16.9. The molecule has 0 aliphatic rings. The second kappa shape index (κ2) is 7.61. The number of halogens is 1. The molecule has 0 unspecified atom stereocenters. The zero-order chi connectivity index (χ0) is 15.2. The number of anilines is 1. The minimum absolute atomic E-state index is 0.0486. The Labute approximate surface area is 123 Å². The molecule has 0 amide bonds. The van der Waals surface area contributed by atoms with Crippen LogP contribution in [0.5, 0.6) is 0 Å². The Hall–Kier alpha value is -1.11. The van der Waals surface area contributed by atoms with Gasteiger partial charge in [-0.25, -0.2) is 4.68 Å². The third kappa shape index (κ3) is 3.71. The maximum absolute atomic E-state index is 11.9. The molecule has 0 aromatic carbocycles. The summed E-state index contributed by atoms with van der Waals surface area (Å²) in [5.74, 6) is 0. The molecule has 1 rings (SSSR count). The number of nitrogens with zero attached hydrogens (tertiary/aromatic N) is 2. The van der Waals surface area contributed by atoms with Crippen LogP contribution in [0.3, 0.4) is 0 Å². The Kier molecular flexibility index (Phi) is 6.45. The molecule has 0 radical (unpaired) electrons. The predicted molar refractivity (Wildman–Crippen MR) is 79.2 cm³/mol. The van der Waals surface area contributed by atoms with Gasteiger partial charge in [0.15, 0.2) is 0 Å². The Morgan fingerprint density at radius 3 is 2.55 bits per heavy atom. The van der Waals surface area contributed by atoms with Gasteiger partial charge in [-0.15, -0.1) is 0 Å². The lowest BCUT2D eigenvalue weighted by atomic mass is 9.83. The maximum atomic E-state index is 11.9. The zero-order valence-corrected chi connectivity index (χ0v) is 12.7. The van der Waals surface area contributed by atoms with Gasteiger partial charge in [0.05, 0.1) is 31.6 Å². The van der Waals surface area contributed by atoms with E-state index >= 15 is 0 Å². The summed E-state index contributed by atoms with van der Waals surface area (Å²) in [6.45, 7) is 4.56. The number of rotatable bonds is 8. The summed E-state index contributed by atoms with van der Waals surface area (Å²) < 4.78 is 1.12. The summed E-state index contributed by atoms with van der Waals surface area (Å²) in [7, 11) is 0. The monoisotopic (exact) mass is 303 g/mol. The summed E-state index contributed by atoms with van der Waals surface area (Å²) in [4.78, 5) is 11.9. The van der Waals surface area contributed by atoms with Crippen LogP contribution in [0, 0.1) is 5.41 Å². The molecule has 6 nitrogen and oxygen atoms in total. The smallest absolute Gasteiger partial charge is 0.287 e. The molecular formula is C13H22ClN3O3. The summed E-state index contributed by atoms with van der Waals surface area (Å²) in [5.41, 5.74) is -0.220. The molecule has 1 aromatic heterocycles. The largest absolute Gasteiger partial charge is 0.396 e. The summed E-state index contributed by atoms with van der Waals surface area (Å²) in [6.07, 6.45) is 3.10. The predicted octanol–water partition coefficient (Wildman–Crippen LogP) is 1.10. The average Bonchev–Trinajstić information content (AvgIpc) is 2.48. The first-order valence-electron chi connectivity index (χ1n) is 6.74. The quantitative estimate of drug-likeness (QED) is 0.669. The molecule has 1 heterocycles. The van der Waals surface area contributed by atoms with E-state index in [9.17, 15) is 9.90 Å². The lowest BCUT2D eigenvalue weighted by molar-refractivity contribution is 0.127. The maximum Gasteiger partial charge on any atom is 0.287 e. The molecule has 0 fully saturated rings. The molecule has 20 heavy (non-hydrogen) atoms. The van der Waals surface area contributed by atoms with Gasteiger partial charge in [0.25, 0.3) is 5.56 Å². The highest BCUT2D eigenvalue weighted by atomic mass is 35.5. The van der Waals surface area contributed by atoms with Crippen LogP contribution in [0.1, 0.15) is 26.7 Å². The van der Waals surface area contributed by atoms with Gasteiger partial charge in [-0.05, 0) is 12.8 Å². The number of nitrogens with one attached hydrogen (secondary N) is 1. The van der Waals surface area contributed by atoms with Crippen molar-refractivity contribution in [2.24, 2.45) is 5.41 Å². The van der Waals surface area contributed by atoms with E-state index in [4.69, 9.17) is 16.7 Å². The van der Waals surface area contributed by atoms with Gasteiger partial charge in [-0.1, -0.05) is 25.4 Å². The highest BCUT2D eigenvalue weighted by Gasteiger charge is 2.25. The van der Waals surface area contributed by atoms with E-state index < -0.39 is 5.56 Å². The van der Waals surface area contributed by atoms with Crippen molar-refractivity contribution in [2.75, 3.05) is 25.1 Å². The summed E-state index contributed by atoms with van der Waals surface area (Å²) >= 11 is 6.01. The third-order valence-electron chi connectivity index (χ3n) is 3.79. The van der Waals surface area contributed by atoms with E-state index in [1.54, 1.807) is 0 Å². The minimum Gasteiger partial charge on any atom is -0.396 e. The second-order valence-corrected chi connectivity index (χ2v) is 5.22. The van der Waals surface area contributed by atoms with E-state index in [-0.39, 0.29) is 30.2 Å². The number of hydrogen-bond donors (Lipinski definition) is 3. The van der Waals surface area contributed by atoms with E-state index in [0.29, 0.717) is 12.2 Å². The molecule has 0 aliphatic carbocycles. The molecule has 0 bridgehead atoms. The third-order valence-corrected chi connectivity index (χ3v) is 4.15. The number of aliphatic hydroxyl groups is 2. The molecule has 3 N–H and O–H groups in total. The Balaban J connectivity index is 2.89. The van der Waals surface area contributed by atoms with Crippen molar-refractivity contribution >= 4 is 17.3 Å². The fourth-order valence-corrected chi connectivity index (χ4v) is 2.12. The molecule has 0 aliphatic heterocycles. The van der Waals surface area contributed by atoms with E-state index in [0.717, 1.165) is 17.5 Å². The normalized spacial score (nSPS) is 11.7. The van der Waals surface area contributed by atoms with Crippen LogP contribution in [0.4, 0.5) is 5.69 Å². The fraction of sp³-hybridized carbons (Fsp3) is 0.692. The Morgan fingerprint density at radius 1 is 1.40 bits per heavy atom.